The van der Waals surface area contributed by atoms with Crippen LogP contribution in [0.1, 0.15) is 63.3 Å². The smallest absolute Gasteiger partial charge is 0.223 e. The van der Waals surface area contributed by atoms with Crippen molar-refractivity contribution in [1.82, 2.24) is 9.88 Å². The van der Waals surface area contributed by atoms with E-state index in [-0.39, 0.29) is 18.0 Å². The second-order valence-corrected chi connectivity index (χ2v) is 6.82. The van der Waals surface area contributed by atoms with Crippen molar-refractivity contribution in [2.45, 2.75) is 64.5 Å². The Labute approximate surface area is 133 Å². The molecule has 0 fully saturated rings. The van der Waals surface area contributed by atoms with Gasteiger partial charge in [-0.25, -0.2) is 0 Å². The summed E-state index contributed by atoms with van der Waals surface area (Å²) in [7, 11) is 0. The van der Waals surface area contributed by atoms with E-state index in [1.54, 1.807) is 0 Å². The number of fused-ring (bicyclic) bond motifs is 1. The van der Waals surface area contributed by atoms with Crippen LogP contribution in [0.5, 0.6) is 0 Å². The molecular formula is C19H26N2O. The lowest BCUT2D eigenvalue weighted by Gasteiger charge is -2.38. The monoisotopic (exact) mass is 298 g/mol. The Morgan fingerprint density at radius 3 is 3.00 bits per heavy atom. The maximum Gasteiger partial charge on any atom is 0.223 e. The van der Waals surface area contributed by atoms with Gasteiger partial charge in [-0.1, -0.05) is 18.2 Å². The number of carbonyl (C=O) groups excluding carboxylic acids is 1. The standard InChI is InChI=1S/C19H26N2O/c1-14(2)21(18(22)13-15-7-3-4-8-15)17-11-5-9-16-10-6-12-20-19(16)17/h3,6-7,10,12,14-15,17H,4-5,8-9,11,13H2,1-2H3/t15-,17+/m1/s1. The van der Waals surface area contributed by atoms with E-state index in [4.69, 9.17) is 0 Å². The number of nitrogens with zero attached hydrogens (tertiary/aromatic N) is 2. The Kier molecular flexibility index (Phi) is 4.60. The fraction of sp³-hybridized carbons (Fsp3) is 0.579. The predicted octanol–water partition coefficient (Wildman–Crippen LogP) is 4.05. The SMILES string of the molecule is CC(C)N(C(=O)C[C@@H]1C=CCC1)[C@H]1CCCc2cccnc21. The predicted molar refractivity (Wildman–Crippen MR) is 88.4 cm³/mol. The van der Waals surface area contributed by atoms with Crippen LogP contribution in [0.4, 0.5) is 0 Å². The molecule has 3 heteroatoms. The minimum absolute atomic E-state index is 0.155. The first kappa shape index (κ1) is 15.3. The van der Waals surface area contributed by atoms with Crippen LogP contribution in [0.15, 0.2) is 30.5 Å². The molecule has 1 amide bonds. The highest BCUT2D eigenvalue weighted by molar-refractivity contribution is 5.77. The van der Waals surface area contributed by atoms with Crippen LogP contribution < -0.4 is 0 Å². The van der Waals surface area contributed by atoms with Crippen LogP contribution in [0.25, 0.3) is 0 Å². The van der Waals surface area contributed by atoms with Gasteiger partial charge in [0, 0.05) is 18.7 Å². The molecule has 0 saturated carbocycles. The van der Waals surface area contributed by atoms with Gasteiger partial charge in [0.15, 0.2) is 0 Å². The van der Waals surface area contributed by atoms with Crippen LogP contribution in [-0.4, -0.2) is 21.8 Å². The summed E-state index contributed by atoms with van der Waals surface area (Å²) in [6.07, 6.45) is 12.4. The molecule has 1 heterocycles. The van der Waals surface area contributed by atoms with Crippen LogP contribution in [-0.2, 0) is 11.2 Å². The highest BCUT2D eigenvalue weighted by Crippen LogP contribution is 2.35. The fourth-order valence-corrected chi connectivity index (χ4v) is 3.87. The first-order valence-electron chi connectivity index (χ1n) is 8.58. The average molecular weight is 298 g/mol. The van der Waals surface area contributed by atoms with E-state index in [0.29, 0.717) is 12.3 Å². The van der Waals surface area contributed by atoms with Crippen molar-refractivity contribution in [3.05, 3.63) is 41.7 Å². The molecule has 0 radical (unpaired) electrons. The molecule has 1 aromatic rings. The number of hydrogen-bond donors (Lipinski definition) is 0. The van der Waals surface area contributed by atoms with Gasteiger partial charge in [0.05, 0.1) is 11.7 Å². The lowest BCUT2D eigenvalue weighted by atomic mass is 9.89. The lowest BCUT2D eigenvalue weighted by Crippen LogP contribution is -2.42. The topological polar surface area (TPSA) is 33.2 Å². The summed E-state index contributed by atoms with van der Waals surface area (Å²) in [6.45, 7) is 4.25. The number of rotatable bonds is 4. The zero-order valence-electron chi connectivity index (χ0n) is 13.7. The van der Waals surface area contributed by atoms with Crippen molar-refractivity contribution in [1.29, 1.82) is 0 Å². The molecular weight excluding hydrogens is 272 g/mol. The van der Waals surface area contributed by atoms with Crippen molar-refractivity contribution in [3.8, 4) is 0 Å². The molecule has 1 aromatic heterocycles. The molecule has 22 heavy (non-hydrogen) atoms. The third-order valence-corrected chi connectivity index (χ3v) is 4.89. The van der Waals surface area contributed by atoms with Crippen molar-refractivity contribution in [2.24, 2.45) is 5.92 Å². The Morgan fingerprint density at radius 2 is 2.27 bits per heavy atom. The van der Waals surface area contributed by atoms with E-state index in [9.17, 15) is 4.79 Å². The molecule has 0 spiro atoms. The molecule has 0 unspecified atom stereocenters. The number of hydrogen-bond acceptors (Lipinski definition) is 2. The number of allylic oxidation sites excluding steroid dienone is 2. The van der Waals surface area contributed by atoms with Gasteiger partial charge in [-0.15, -0.1) is 0 Å². The van der Waals surface area contributed by atoms with Gasteiger partial charge in [0.1, 0.15) is 0 Å². The molecule has 2 aliphatic carbocycles. The number of pyridine rings is 1. The summed E-state index contributed by atoms with van der Waals surface area (Å²) in [5.74, 6) is 0.718. The molecule has 2 atom stereocenters. The number of carbonyl (C=O) groups is 1. The van der Waals surface area contributed by atoms with E-state index < -0.39 is 0 Å². The second-order valence-electron chi connectivity index (χ2n) is 6.82. The molecule has 3 rings (SSSR count). The summed E-state index contributed by atoms with van der Waals surface area (Å²) < 4.78 is 0. The van der Waals surface area contributed by atoms with Crippen LogP contribution in [0.2, 0.25) is 0 Å². The van der Waals surface area contributed by atoms with Gasteiger partial charge < -0.3 is 4.90 Å². The van der Waals surface area contributed by atoms with Crippen LogP contribution in [0, 0.1) is 5.92 Å². The third-order valence-electron chi connectivity index (χ3n) is 4.89. The minimum Gasteiger partial charge on any atom is -0.332 e. The van der Waals surface area contributed by atoms with E-state index >= 15 is 0 Å². The first-order chi connectivity index (χ1) is 10.7. The summed E-state index contributed by atoms with van der Waals surface area (Å²) in [5.41, 5.74) is 2.44. The summed E-state index contributed by atoms with van der Waals surface area (Å²) in [5, 5.41) is 0. The van der Waals surface area contributed by atoms with Crippen LogP contribution >= 0.6 is 0 Å². The Morgan fingerprint density at radius 1 is 1.41 bits per heavy atom. The number of aromatic nitrogens is 1. The van der Waals surface area contributed by atoms with Gasteiger partial charge >= 0.3 is 0 Å². The average Bonchev–Trinajstić information content (AvgIpc) is 3.00. The largest absolute Gasteiger partial charge is 0.332 e. The van der Waals surface area contributed by atoms with Crippen molar-refractivity contribution < 1.29 is 4.79 Å². The molecule has 3 nitrogen and oxygen atoms in total. The van der Waals surface area contributed by atoms with E-state index in [0.717, 1.165) is 37.8 Å². The highest BCUT2D eigenvalue weighted by Gasteiger charge is 2.32. The highest BCUT2D eigenvalue weighted by atomic mass is 16.2. The first-order valence-corrected chi connectivity index (χ1v) is 8.58. The maximum absolute atomic E-state index is 12.9. The number of aryl methyl sites for hydroxylation is 1. The van der Waals surface area contributed by atoms with Crippen molar-refractivity contribution >= 4 is 5.91 Å². The van der Waals surface area contributed by atoms with E-state index in [1.165, 1.54) is 5.56 Å². The molecule has 0 saturated heterocycles. The van der Waals surface area contributed by atoms with Gasteiger partial charge in [-0.2, -0.15) is 0 Å². The van der Waals surface area contributed by atoms with Gasteiger partial charge in [-0.05, 0) is 63.5 Å². The summed E-state index contributed by atoms with van der Waals surface area (Å²) >= 11 is 0. The van der Waals surface area contributed by atoms with Gasteiger partial charge in [0.2, 0.25) is 5.91 Å². The summed E-state index contributed by atoms with van der Waals surface area (Å²) in [4.78, 5) is 19.6. The summed E-state index contributed by atoms with van der Waals surface area (Å²) in [6, 6.07) is 4.54. The zero-order chi connectivity index (χ0) is 15.5. The third kappa shape index (κ3) is 3.08. The normalized spacial score (nSPS) is 23.6. The Hall–Kier alpha value is -1.64. The zero-order valence-corrected chi connectivity index (χ0v) is 13.7. The van der Waals surface area contributed by atoms with Gasteiger partial charge in [-0.3, -0.25) is 9.78 Å². The lowest BCUT2D eigenvalue weighted by molar-refractivity contribution is -0.137. The quantitative estimate of drug-likeness (QED) is 0.786. The van der Waals surface area contributed by atoms with Crippen LogP contribution in [0.3, 0.4) is 0 Å². The molecule has 2 aliphatic rings. The molecule has 0 N–H and O–H groups in total. The second kappa shape index (κ2) is 6.64. The van der Waals surface area contributed by atoms with Crippen molar-refractivity contribution in [3.63, 3.8) is 0 Å². The Balaban J connectivity index is 1.82. The molecule has 0 aromatic carbocycles. The van der Waals surface area contributed by atoms with E-state index in [1.807, 2.05) is 12.3 Å². The molecule has 118 valence electrons. The maximum atomic E-state index is 12.9. The van der Waals surface area contributed by atoms with Gasteiger partial charge in [0.25, 0.3) is 0 Å². The minimum atomic E-state index is 0.155. The van der Waals surface area contributed by atoms with Crippen molar-refractivity contribution in [2.75, 3.05) is 0 Å². The van der Waals surface area contributed by atoms with E-state index in [2.05, 4.69) is 41.9 Å². The fourth-order valence-electron chi connectivity index (χ4n) is 3.87. The molecule has 0 bridgehead atoms. The Bertz CT molecular complexity index is 564. The molecule has 0 aliphatic heterocycles. The number of amides is 1.